The van der Waals surface area contributed by atoms with E-state index in [0.29, 0.717) is 36.9 Å². The Kier molecular flexibility index (Phi) is 5.26. The van der Waals surface area contributed by atoms with Crippen LogP contribution in [0.15, 0.2) is 50.1 Å². The molecule has 5 rings (SSSR count). The number of hydrogen-bond donors (Lipinski definition) is 0. The molecular weight excluding hydrogens is 510 g/mol. The van der Waals surface area contributed by atoms with Crippen molar-refractivity contribution in [2.75, 3.05) is 7.11 Å². The van der Waals surface area contributed by atoms with Crippen molar-refractivity contribution < 1.29 is 18.7 Å². The number of rotatable bonds is 4. The highest BCUT2D eigenvalue weighted by Crippen LogP contribution is 2.37. The molecule has 3 heterocycles. The Labute approximate surface area is 199 Å². The number of methoxy groups -OCH3 is 1. The Morgan fingerprint density at radius 3 is 2.76 bits per heavy atom. The first-order chi connectivity index (χ1) is 15.9. The number of para-hydroxylation sites is 1. The van der Waals surface area contributed by atoms with E-state index < -0.39 is 5.97 Å². The molecule has 0 N–H and O–H groups in total. The van der Waals surface area contributed by atoms with Crippen molar-refractivity contribution in [3.63, 3.8) is 0 Å². The van der Waals surface area contributed by atoms with Crippen LogP contribution in [-0.2, 0) is 4.79 Å². The first kappa shape index (κ1) is 21.4. The van der Waals surface area contributed by atoms with Gasteiger partial charge in [-0.1, -0.05) is 29.5 Å². The average molecular weight is 526 g/mol. The summed E-state index contributed by atoms with van der Waals surface area (Å²) in [6, 6.07) is 11.1. The van der Waals surface area contributed by atoms with Gasteiger partial charge in [0.15, 0.2) is 17.3 Å². The third kappa shape index (κ3) is 3.70. The molecule has 0 radical (unpaired) electrons. The van der Waals surface area contributed by atoms with E-state index in [9.17, 15) is 9.59 Å². The molecule has 0 atom stereocenters. The molecular formula is C23H16BrN3O5S. The van der Waals surface area contributed by atoms with Crippen molar-refractivity contribution in [1.82, 2.24) is 14.6 Å². The zero-order valence-corrected chi connectivity index (χ0v) is 20.1. The maximum Gasteiger partial charge on any atom is 0.308 e. The Balaban J connectivity index is 1.58. The van der Waals surface area contributed by atoms with E-state index in [-0.39, 0.29) is 11.3 Å². The van der Waals surface area contributed by atoms with Crippen LogP contribution in [0.5, 0.6) is 11.5 Å². The summed E-state index contributed by atoms with van der Waals surface area (Å²) in [5.41, 5.74) is 2.07. The highest BCUT2D eigenvalue weighted by molar-refractivity contribution is 9.10. The van der Waals surface area contributed by atoms with Crippen molar-refractivity contribution in [2.45, 2.75) is 13.8 Å². The van der Waals surface area contributed by atoms with E-state index in [1.54, 1.807) is 18.2 Å². The highest BCUT2D eigenvalue weighted by atomic mass is 79.9. The lowest BCUT2D eigenvalue weighted by Gasteiger charge is -2.10. The number of furan rings is 1. The Hall–Kier alpha value is -3.50. The standard InChI is InChI=1S/C23H16BrN3O5S/c1-11-14-6-4-5-7-16(14)32-19(11)21-25-23-27(26-21)22(29)18(33-23)10-13-8-15(24)20(31-12(2)28)17(9-13)30-3/h4-10H,1-3H3/b18-10-. The van der Waals surface area contributed by atoms with Crippen LogP contribution < -0.4 is 19.6 Å². The van der Waals surface area contributed by atoms with Gasteiger partial charge in [0.1, 0.15) is 5.58 Å². The lowest BCUT2D eigenvalue weighted by Crippen LogP contribution is -2.23. The zero-order chi connectivity index (χ0) is 23.3. The Morgan fingerprint density at radius 1 is 1.27 bits per heavy atom. The van der Waals surface area contributed by atoms with Gasteiger partial charge in [0.2, 0.25) is 10.8 Å². The molecule has 0 saturated heterocycles. The lowest BCUT2D eigenvalue weighted by molar-refractivity contribution is -0.132. The van der Waals surface area contributed by atoms with Crippen molar-refractivity contribution in [1.29, 1.82) is 0 Å². The number of ether oxygens (including phenoxy) is 2. The van der Waals surface area contributed by atoms with E-state index in [1.807, 2.05) is 31.2 Å². The molecule has 0 aliphatic carbocycles. The fourth-order valence-electron chi connectivity index (χ4n) is 3.53. The fourth-order valence-corrected chi connectivity index (χ4v) is 4.98. The minimum Gasteiger partial charge on any atom is -0.493 e. The number of aryl methyl sites for hydroxylation is 1. The van der Waals surface area contributed by atoms with E-state index in [4.69, 9.17) is 13.9 Å². The summed E-state index contributed by atoms with van der Waals surface area (Å²) in [6.07, 6.45) is 1.71. The van der Waals surface area contributed by atoms with E-state index in [2.05, 4.69) is 26.0 Å². The largest absolute Gasteiger partial charge is 0.493 e. The van der Waals surface area contributed by atoms with Crippen LogP contribution >= 0.6 is 27.3 Å². The topological polar surface area (TPSA) is 95.9 Å². The molecule has 0 saturated carbocycles. The predicted molar refractivity (Wildman–Crippen MR) is 128 cm³/mol. The lowest BCUT2D eigenvalue weighted by atomic mass is 10.1. The molecule has 5 aromatic rings. The van der Waals surface area contributed by atoms with Gasteiger partial charge in [-0.25, -0.2) is 0 Å². The number of esters is 1. The minimum absolute atomic E-state index is 0.276. The molecule has 166 valence electrons. The first-order valence-electron chi connectivity index (χ1n) is 9.81. The average Bonchev–Trinajstić information content (AvgIpc) is 3.43. The molecule has 0 unspecified atom stereocenters. The van der Waals surface area contributed by atoms with Crippen molar-refractivity contribution in [3.8, 4) is 23.1 Å². The third-order valence-electron chi connectivity index (χ3n) is 5.02. The number of hydrogen-bond acceptors (Lipinski definition) is 8. The number of thiazole rings is 1. The first-order valence-corrected chi connectivity index (χ1v) is 11.4. The summed E-state index contributed by atoms with van der Waals surface area (Å²) in [5, 5.41) is 5.38. The van der Waals surface area contributed by atoms with Crippen LogP contribution in [0.2, 0.25) is 0 Å². The molecule has 10 heteroatoms. The predicted octanol–water partition coefficient (Wildman–Crippen LogP) is 4.12. The zero-order valence-electron chi connectivity index (χ0n) is 17.7. The second-order valence-electron chi connectivity index (χ2n) is 7.23. The maximum absolute atomic E-state index is 13.0. The summed E-state index contributed by atoms with van der Waals surface area (Å²) >= 11 is 4.61. The van der Waals surface area contributed by atoms with Gasteiger partial charge in [-0.05, 0) is 52.7 Å². The van der Waals surface area contributed by atoms with Crippen LogP contribution in [0.3, 0.4) is 0 Å². The van der Waals surface area contributed by atoms with Crippen LogP contribution in [0.4, 0.5) is 0 Å². The molecule has 0 amide bonds. The fraction of sp³-hybridized carbons (Fsp3) is 0.130. The molecule has 33 heavy (non-hydrogen) atoms. The highest BCUT2D eigenvalue weighted by Gasteiger charge is 2.19. The van der Waals surface area contributed by atoms with Crippen LogP contribution in [0.1, 0.15) is 18.1 Å². The van der Waals surface area contributed by atoms with Crippen LogP contribution in [0, 0.1) is 6.92 Å². The normalized spacial score (nSPS) is 12.1. The number of carbonyl (C=O) groups excluding carboxylic acids is 1. The quantitative estimate of drug-likeness (QED) is 0.257. The summed E-state index contributed by atoms with van der Waals surface area (Å²) in [5.74, 6) is 1.09. The third-order valence-corrected chi connectivity index (χ3v) is 6.57. The van der Waals surface area contributed by atoms with Crippen LogP contribution in [0.25, 0.3) is 33.6 Å². The molecule has 0 bridgehead atoms. The number of carbonyl (C=O) groups is 1. The number of fused-ring (bicyclic) bond motifs is 2. The number of halogens is 1. The molecule has 0 fully saturated rings. The molecule has 3 aromatic heterocycles. The summed E-state index contributed by atoms with van der Waals surface area (Å²) in [6.45, 7) is 3.25. The Morgan fingerprint density at radius 2 is 2.06 bits per heavy atom. The van der Waals surface area contributed by atoms with Crippen molar-refractivity contribution in [3.05, 3.63) is 66.9 Å². The van der Waals surface area contributed by atoms with Gasteiger partial charge >= 0.3 is 5.97 Å². The molecule has 0 aliphatic rings. The molecule has 8 nitrogen and oxygen atoms in total. The van der Waals surface area contributed by atoms with Crippen molar-refractivity contribution in [2.24, 2.45) is 0 Å². The van der Waals surface area contributed by atoms with Gasteiger partial charge in [0.25, 0.3) is 5.56 Å². The van der Waals surface area contributed by atoms with Gasteiger partial charge in [-0.2, -0.15) is 9.50 Å². The summed E-state index contributed by atoms with van der Waals surface area (Å²) in [4.78, 5) is 29.3. The number of aromatic nitrogens is 3. The monoisotopic (exact) mass is 525 g/mol. The van der Waals surface area contributed by atoms with Gasteiger partial charge in [0.05, 0.1) is 16.1 Å². The smallest absolute Gasteiger partial charge is 0.308 e. The van der Waals surface area contributed by atoms with E-state index >= 15 is 0 Å². The summed E-state index contributed by atoms with van der Waals surface area (Å²) in [7, 11) is 1.47. The van der Waals surface area contributed by atoms with E-state index in [1.165, 1.54) is 29.9 Å². The maximum atomic E-state index is 13.0. The van der Waals surface area contributed by atoms with Crippen LogP contribution in [-0.4, -0.2) is 27.7 Å². The summed E-state index contributed by atoms with van der Waals surface area (Å²) < 4.78 is 18.7. The second kappa shape index (κ2) is 8.13. The Bertz CT molecular complexity index is 1670. The molecule has 2 aromatic carbocycles. The van der Waals surface area contributed by atoms with Crippen molar-refractivity contribution >= 4 is 55.2 Å². The number of nitrogens with zero attached hydrogens (tertiary/aromatic N) is 3. The molecule has 0 spiro atoms. The number of benzene rings is 2. The second-order valence-corrected chi connectivity index (χ2v) is 9.09. The van der Waals surface area contributed by atoms with Gasteiger partial charge in [-0.15, -0.1) is 5.10 Å². The van der Waals surface area contributed by atoms with Gasteiger partial charge in [0, 0.05) is 17.9 Å². The van der Waals surface area contributed by atoms with E-state index in [0.717, 1.165) is 16.5 Å². The molecule has 0 aliphatic heterocycles. The van der Waals surface area contributed by atoms with Gasteiger partial charge in [-0.3, -0.25) is 9.59 Å². The minimum atomic E-state index is -0.464. The van der Waals surface area contributed by atoms with Gasteiger partial charge < -0.3 is 13.9 Å². The SMILES string of the molecule is COc1cc(/C=c2\sc3nc(-c4oc5ccccc5c4C)nn3c2=O)cc(Br)c1OC(C)=O.